The molecule has 2 rings (SSSR count). The molecular formula is C10H15NOS. The van der Waals surface area contributed by atoms with Gasteiger partial charge >= 0.3 is 0 Å². The van der Waals surface area contributed by atoms with E-state index in [2.05, 4.69) is 16.8 Å². The van der Waals surface area contributed by atoms with Crippen molar-refractivity contribution in [1.82, 2.24) is 5.32 Å². The van der Waals surface area contributed by atoms with Crippen LogP contribution in [0.2, 0.25) is 0 Å². The summed E-state index contributed by atoms with van der Waals surface area (Å²) in [6.07, 6.45) is 2.71. The van der Waals surface area contributed by atoms with Gasteiger partial charge < -0.3 is 10.4 Å². The van der Waals surface area contributed by atoms with Crippen LogP contribution in [0.4, 0.5) is 0 Å². The van der Waals surface area contributed by atoms with Gasteiger partial charge in [-0.05, 0) is 36.8 Å². The summed E-state index contributed by atoms with van der Waals surface area (Å²) in [6.45, 7) is 1.26. The first-order chi connectivity index (χ1) is 6.40. The molecule has 3 heteroatoms. The van der Waals surface area contributed by atoms with Gasteiger partial charge in [-0.15, -0.1) is 11.3 Å². The molecule has 1 saturated carbocycles. The van der Waals surface area contributed by atoms with Crippen LogP contribution >= 0.6 is 11.3 Å². The van der Waals surface area contributed by atoms with Crippen LogP contribution in [0.5, 0.6) is 0 Å². The fourth-order valence-electron chi connectivity index (χ4n) is 1.38. The number of aliphatic hydroxyl groups excluding tert-OH is 1. The first-order valence-corrected chi connectivity index (χ1v) is 5.65. The molecule has 1 aromatic heterocycles. The second-order valence-corrected chi connectivity index (χ2v) is 4.58. The van der Waals surface area contributed by atoms with Crippen LogP contribution < -0.4 is 5.32 Å². The summed E-state index contributed by atoms with van der Waals surface area (Å²) in [7, 11) is 0. The standard InChI is InChI=1S/C10H15NOS/c12-7-9(10-2-1-5-13-10)11-6-8-3-4-8/h1-2,5,8-9,11-12H,3-4,6-7H2. The molecule has 1 heterocycles. The lowest BCUT2D eigenvalue weighted by molar-refractivity contribution is 0.245. The van der Waals surface area contributed by atoms with Crippen molar-refractivity contribution in [3.63, 3.8) is 0 Å². The van der Waals surface area contributed by atoms with E-state index in [1.54, 1.807) is 11.3 Å². The fraction of sp³-hybridized carbons (Fsp3) is 0.600. The molecule has 1 aliphatic carbocycles. The summed E-state index contributed by atoms with van der Waals surface area (Å²) < 4.78 is 0. The van der Waals surface area contributed by atoms with Gasteiger partial charge in [-0.2, -0.15) is 0 Å². The Balaban J connectivity index is 1.85. The maximum Gasteiger partial charge on any atom is 0.0649 e. The second kappa shape index (κ2) is 4.22. The summed E-state index contributed by atoms with van der Waals surface area (Å²) in [5.74, 6) is 0.869. The highest BCUT2D eigenvalue weighted by Crippen LogP contribution is 2.29. The van der Waals surface area contributed by atoms with Crippen LogP contribution in [0.25, 0.3) is 0 Å². The van der Waals surface area contributed by atoms with E-state index >= 15 is 0 Å². The van der Waals surface area contributed by atoms with Crippen LogP contribution in [0, 0.1) is 5.92 Å². The highest BCUT2D eigenvalue weighted by atomic mass is 32.1. The fourth-order valence-corrected chi connectivity index (χ4v) is 2.17. The molecule has 1 aliphatic rings. The monoisotopic (exact) mass is 197 g/mol. The van der Waals surface area contributed by atoms with Crippen molar-refractivity contribution in [2.75, 3.05) is 13.2 Å². The molecule has 13 heavy (non-hydrogen) atoms. The molecule has 2 N–H and O–H groups in total. The molecule has 0 aromatic carbocycles. The maximum atomic E-state index is 9.18. The van der Waals surface area contributed by atoms with Crippen LogP contribution in [0.15, 0.2) is 17.5 Å². The summed E-state index contributed by atoms with van der Waals surface area (Å²) >= 11 is 1.71. The van der Waals surface area contributed by atoms with E-state index in [-0.39, 0.29) is 12.6 Å². The van der Waals surface area contributed by atoms with E-state index in [9.17, 15) is 5.11 Å². The van der Waals surface area contributed by atoms with Gasteiger partial charge in [0.1, 0.15) is 0 Å². The van der Waals surface area contributed by atoms with Crippen LogP contribution in [-0.2, 0) is 0 Å². The molecule has 2 nitrogen and oxygen atoms in total. The molecule has 0 spiro atoms. The van der Waals surface area contributed by atoms with Gasteiger partial charge in [0.05, 0.1) is 12.6 Å². The number of rotatable bonds is 5. The van der Waals surface area contributed by atoms with Crippen molar-refractivity contribution in [3.8, 4) is 0 Å². The summed E-state index contributed by atoms with van der Waals surface area (Å²) in [5, 5.41) is 14.6. The van der Waals surface area contributed by atoms with Crippen molar-refractivity contribution < 1.29 is 5.11 Å². The molecule has 0 saturated heterocycles. The molecule has 1 atom stereocenters. The number of hydrogen-bond donors (Lipinski definition) is 2. The molecule has 1 unspecified atom stereocenters. The van der Waals surface area contributed by atoms with E-state index in [1.807, 2.05) is 6.07 Å². The Labute approximate surface area is 82.6 Å². The van der Waals surface area contributed by atoms with Crippen LogP contribution in [0.3, 0.4) is 0 Å². The van der Waals surface area contributed by atoms with Crippen molar-refractivity contribution in [2.45, 2.75) is 18.9 Å². The zero-order valence-electron chi connectivity index (χ0n) is 7.57. The van der Waals surface area contributed by atoms with Gasteiger partial charge in [0.2, 0.25) is 0 Å². The topological polar surface area (TPSA) is 32.3 Å². The van der Waals surface area contributed by atoms with Crippen LogP contribution in [0.1, 0.15) is 23.8 Å². The molecule has 1 aromatic rings. The van der Waals surface area contributed by atoms with E-state index in [0.29, 0.717) is 0 Å². The van der Waals surface area contributed by atoms with Crippen LogP contribution in [-0.4, -0.2) is 18.3 Å². The zero-order chi connectivity index (χ0) is 9.10. The van der Waals surface area contributed by atoms with Crippen molar-refractivity contribution >= 4 is 11.3 Å². The zero-order valence-corrected chi connectivity index (χ0v) is 8.39. The normalized spacial score (nSPS) is 18.8. The maximum absolute atomic E-state index is 9.18. The number of aliphatic hydroxyl groups is 1. The third-order valence-electron chi connectivity index (χ3n) is 2.42. The molecule has 72 valence electrons. The summed E-state index contributed by atoms with van der Waals surface area (Å²) in [4.78, 5) is 1.24. The number of thiophene rings is 1. The minimum atomic E-state index is 0.153. The van der Waals surface area contributed by atoms with Crippen molar-refractivity contribution in [1.29, 1.82) is 0 Å². The van der Waals surface area contributed by atoms with Gasteiger partial charge in [0.15, 0.2) is 0 Å². The van der Waals surface area contributed by atoms with Gasteiger partial charge in [0.25, 0.3) is 0 Å². The smallest absolute Gasteiger partial charge is 0.0649 e. The molecule has 0 amide bonds. The largest absolute Gasteiger partial charge is 0.394 e. The quantitative estimate of drug-likeness (QED) is 0.754. The predicted octanol–water partition coefficient (Wildman–Crippen LogP) is 1.78. The van der Waals surface area contributed by atoms with Gasteiger partial charge in [-0.25, -0.2) is 0 Å². The first-order valence-electron chi connectivity index (χ1n) is 4.78. The third kappa shape index (κ3) is 2.53. The molecule has 0 aliphatic heterocycles. The highest BCUT2D eigenvalue weighted by Gasteiger charge is 2.22. The molecule has 0 radical (unpaired) electrons. The number of nitrogens with one attached hydrogen (secondary N) is 1. The van der Waals surface area contributed by atoms with Crippen molar-refractivity contribution in [2.24, 2.45) is 5.92 Å². The van der Waals surface area contributed by atoms with E-state index in [0.717, 1.165) is 12.5 Å². The summed E-state index contributed by atoms with van der Waals surface area (Å²) in [5.41, 5.74) is 0. The Hall–Kier alpha value is -0.380. The highest BCUT2D eigenvalue weighted by molar-refractivity contribution is 7.10. The Kier molecular flexibility index (Phi) is 2.98. The van der Waals surface area contributed by atoms with Gasteiger partial charge in [-0.1, -0.05) is 6.07 Å². The molecule has 1 fully saturated rings. The number of hydrogen-bond acceptors (Lipinski definition) is 3. The van der Waals surface area contributed by atoms with E-state index in [4.69, 9.17) is 0 Å². The Morgan fingerprint density at radius 1 is 1.62 bits per heavy atom. The lowest BCUT2D eigenvalue weighted by atomic mass is 10.2. The first kappa shape index (κ1) is 9.19. The minimum absolute atomic E-state index is 0.153. The average Bonchev–Trinajstić information content (AvgIpc) is 2.81. The third-order valence-corrected chi connectivity index (χ3v) is 3.41. The Morgan fingerprint density at radius 3 is 3.00 bits per heavy atom. The Morgan fingerprint density at radius 2 is 2.46 bits per heavy atom. The molecular weight excluding hydrogens is 182 g/mol. The van der Waals surface area contributed by atoms with Crippen molar-refractivity contribution in [3.05, 3.63) is 22.4 Å². The summed E-state index contributed by atoms with van der Waals surface area (Å²) in [6, 6.07) is 4.26. The van der Waals surface area contributed by atoms with E-state index < -0.39 is 0 Å². The second-order valence-electron chi connectivity index (χ2n) is 3.60. The van der Waals surface area contributed by atoms with E-state index in [1.165, 1.54) is 17.7 Å². The SMILES string of the molecule is OCC(NCC1CC1)c1cccs1. The van der Waals surface area contributed by atoms with Gasteiger partial charge in [0, 0.05) is 4.88 Å². The molecule has 0 bridgehead atoms. The van der Waals surface area contributed by atoms with Gasteiger partial charge in [-0.3, -0.25) is 0 Å². The average molecular weight is 197 g/mol. The minimum Gasteiger partial charge on any atom is -0.394 e. The predicted molar refractivity (Wildman–Crippen MR) is 54.9 cm³/mol. The lowest BCUT2D eigenvalue weighted by Gasteiger charge is -2.13. The Bertz CT molecular complexity index is 243. The lowest BCUT2D eigenvalue weighted by Crippen LogP contribution is -2.25.